The molecule has 0 fully saturated rings. The number of rotatable bonds is 12. The van der Waals surface area contributed by atoms with Gasteiger partial charge in [-0.2, -0.15) is 0 Å². The van der Waals surface area contributed by atoms with Crippen LogP contribution in [0.25, 0.3) is 0 Å². The lowest BCUT2D eigenvalue weighted by molar-refractivity contribution is 0.0456. The molecular weight excluding hydrogens is 564 g/mol. The third-order valence-corrected chi connectivity index (χ3v) is 8.83. The molecule has 0 unspecified atom stereocenters. The van der Waals surface area contributed by atoms with Gasteiger partial charge in [0.05, 0.1) is 0 Å². The highest BCUT2D eigenvalue weighted by atomic mass is 16.5. The Morgan fingerprint density at radius 3 is 1.33 bits per heavy atom. The van der Waals surface area contributed by atoms with Crippen molar-refractivity contribution in [1.29, 1.82) is 0 Å². The molecule has 0 amide bonds. The van der Waals surface area contributed by atoms with Crippen LogP contribution in [0.4, 0.5) is 0 Å². The van der Waals surface area contributed by atoms with Gasteiger partial charge in [-0.3, -0.25) is 0 Å². The van der Waals surface area contributed by atoms with E-state index >= 15 is 0 Å². The van der Waals surface area contributed by atoms with E-state index in [0.717, 1.165) is 67.4 Å². The van der Waals surface area contributed by atoms with Crippen LogP contribution < -0.4 is 0 Å². The molecule has 0 saturated heterocycles. The highest BCUT2D eigenvalue weighted by molar-refractivity contribution is 5.90. The van der Waals surface area contributed by atoms with Crippen LogP contribution in [0.2, 0.25) is 0 Å². The summed E-state index contributed by atoms with van der Waals surface area (Å²) in [6.45, 7) is 12.7. The van der Waals surface area contributed by atoms with E-state index in [4.69, 9.17) is 13.9 Å². The van der Waals surface area contributed by atoms with Gasteiger partial charge in [0.25, 0.3) is 0 Å². The van der Waals surface area contributed by atoms with Crippen LogP contribution >= 0.6 is 0 Å². The van der Waals surface area contributed by atoms with E-state index in [9.17, 15) is 9.59 Å². The van der Waals surface area contributed by atoms with Crippen molar-refractivity contribution < 1.29 is 23.5 Å². The molecule has 5 aromatic rings. The van der Waals surface area contributed by atoms with Crippen molar-refractivity contribution in [2.45, 2.75) is 80.4 Å². The number of carbonyl (C=O) groups is 2. The largest absolute Gasteiger partial charge is 0.465 e. The molecule has 0 spiro atoms. The standard InChI is InChI=1S/C38H42N2O5/c1-7-29-25(5)31(39-35(29)37(41)43-21-27-15-11-9-12-16-27)19-33-23(3)24(4)34(45-33)20-32-26(6)30(8-2)36(40-32)38(42)44-22-28-17-13-10-14-18-28/h9-18,39-40H,7-8,19-22H2,1-6H3. The van der Waals surface area contributed by atoms with E-state index in [1.165, 1.54) is 0 Å². The Kier molecular flexibility index (Phi) is 9.77. The maximum absolute atomic E-state index is 13.1. The normalized spacial score (nSPS) is 11.2. The minimum absolute atomic E-state index is 0.223. The minimum Gasteiger partial charge on any atom is -0.465 e. The second-order valence-electron chi connectivity index (χ2n) is 11.5. The molecule has 0 saturated carbocycles. The van der Waals surface area contributed by atoms with E-state index in [1.54, 1.807) is 0 Å². The average Bonchev–Trinajstić information content (AvgIpc) is 3.65. The molecule has 3 aromatic heterocycles. The van der Waals surface area contributed by atoms with Gasteiger partial charge in [-0.15, -0.1) is 0 Å². The Morgan fingerprint density at radius 1 is 0.600 bits per heavy atom. The van der Waals surface area contributed by atoms with E-state index in [0.29, 0.717) is 37.1 Å². The molecular formula is C38H42N2O5. The van der Waals surface area contributed by atoms with Crippen LogP contribution in [-0.4, -0.2) is 21.9 Å². The summed E-state index contributed by atoms with van der Waals surface area (Å²) >= 11 is 0. The summed E-state index contributed by atoms with van der Waals surface area (Å²) in [7, 11) is 0. The molecule has 45 heavy (non-hydrogen) atoms. The molecule has 0 aliphatic heterocycles. The first-order chi connectivity index (χ1) is 21.7. The van der Waals surface area contributed by atoms with E-state index in [-0.39, 0.29) is 25.2 Å². The predicted molar refractivity (Wildman–Crippen MR) is 175 cm³/mol. The molecule has 0 aliphatic rings. The lowest BCUT2D eigenvalue weighted by atomic mass is 10.0. The number of H-pyrrole nitrogens is 2. The van der Waals surface area contributed by atoms with Crippen LogP contribution in [0.5, 0.6) is 0 Å². The molecule has 0 radical (unpaired) electrons. The third kappa shape index (κ3) is 6.83. The van der Waals surface area contributed by atoms with Gasteiger partial charge in [-0.05, 0) is 85.0 Å². The number of aromatic nitrogens is 2. The second kappa shape index (κ2) is 13.9. The summed E-state index contributed by atoms with van der Waals surface area (Å²) in [4.78, 5) is 32.9. The number of carbonyl (C=O) groups excluding carboxylic acids is 2. The number of nitrogens with one attached hydrogen (secondary N) is 2. The molecule has 0 bridgehead atoms. The molecule has 2 aromatic carbocycles. The Hall–Kier alpha value is -4.78. The zero-order chi connectivity index (χ0) is 32.1. The summed E-state index contributed by atoms with van der Waals surface area (Å²) in [5.74, 6) is 0.984. The highest BCUT2D eigenvalue weighted by Gasteiger charge is 2.25. The van der Waals surface area contributed by atoms with Crippen molar-refractivity contribution in [3.05, 3.63) is 139 Å². The van der Waals surface area contributed by atoms with E-state index < -0.39 is 0 Å². The molecule has 5 rings (SSSR count). The Labute approximate surface area is 265 Å². The monoisotopic (exact) mass is 606 g/mol. The van der Waals surface area contributed by atoms with Gasteiger partial charge in [0.15, 0.2) is 0 Å². The summed E-state index contributed by atoms with van der Waals surface area (Å²) in [5.41, 5.74) is 10.9. The maximum Gasteiger partial charge on any atom is 0.355 e. The summed E-state index contributed by atoms with van der Waals surface area (Å²) in [6, 6.07) is 19.4. The van der Waals surface area contributed by atoms with Crippen molar-refractivity contribution in [3.8, 4) is 0 Å². The van der Waals surface area contributed by atoms with Crippen LogP contribution in [-0.2, 0) is 48.4 Å². The smallest absolute Gasteiger partial charge is 0.355 e. The van der Waals surface area contributed by atoms with Gasteiger partial charge in [0, 0.05) is 24.2 Å². The zero-order valence-corrected chi connectivity index (χ0v) is 27.1. The van der Waals surface area contributed by atoms with Crippen LogP contribution in [0.15, 0.2) is 65.1 Å². The van der Waals surface area contributed by atoms with Gasteiger partial charge in [-0.25, -0.2) is 9.59 Å². The summed E-state index contributed by atoms with van der Waals surface area (Å²) < 4.78 is 17.8. The minimum atomic E-state index is -0.356. The van der Waals surface area contributed by atoms with Crippen molar-refractivity contribution in [3.63, 3.8) is 0 Å². The lowest BCUT2D eigenvalue weighted by Crippen LogP contribution is -2.08. The SMILES string of the molecule is CCc1c(C(=O)OCc2ccccc2)[nH]c(Cc2oc(Cc3[nH]c(C(=O)OCc4ccccc4)c(CC)c3C)c(C)c2C)c1C. The zero-order valence-electron chi connectivity index (χ0n) is 27.1. The summed E-state index contributed by atoms with van der Waals surface area (Å²) in [6.07, 6.45) is 2.47. The van der Waals surface area contributed by atoms with Crippen LogP contribution in [0.1, 0.15) is 102 Å². The maximum atomic E-state index is 13.1. The number of hydrogen-bond acceptors (Lipinski definition) is 5. The first kappa shape index (κ1) is 31.6. The molecule has 7 heteroatoms. The third-order valence-electron chi connectivity index (χ3n) is 8.83. The van der Waals surface area contributed by atoms with Crippen LogP contribution in [0, 0.1) is 27.7 Å². The Morgan fingerprint density at radius 2 is 0.978 bits per heavy atom. The Balaban J connectivity index is 1.33. The van der Waals surface area contributed by atoms with Crippen LogP contribution in [0.3, 0.4) is 0 Å². The van der Waals surface area contributed by atoms with Crippen molar-refractivity contribution in [2.24, 2.45) is 0 Å². The number of hydrogen-bond donors (Lipinski definition) is 2. The number of furan rings is 1. The fraction of sp³-hybridized carbons (Fsp3) is 0.316. The topological polar surface area (TPSA) is 97.3 Å². The highest BCUT2D eigenvalue weighted by Crippen LogP contribution is 2.30. The van der Waals surface area contributed by atoms with Gasteiger partial charge >= 0.3 is 11.9 Å². The van der Waals surface area contributed by atoms with Gasteiger partial charge < -0.3 is 23.9 Å². The van der Waals surface area contributed by atoms with Crippen molar-refractivity contribution >= 4 is 11.9 Å². The number of ether oxygens (including phenoxy) is 2. The fourth-order valence-electron chi connectivity index (χ4n) is 5.93. The molecule has 2 N–H and O–H groups in total. The fourth-order valence-corrected chi connectivity index (χ4v) is 5.93. The predicted octanol–water partition coefficient (Wildman–Crippen LogP) is 8.19. The molecule has 234 valence electrons. The number of esters is 2. The van der Waals surface area contributed by atoms with Gasteiger partial charge in [0.2, 0.25) is 0 Å². The Bertz CT molecular complexity index is 1660. The average molecular weight is 607 g/mol. The van der Waals surface area contributed by atoms with Crippen molar-refractivity contribution in [1.82, 2.24) is 9.97 Å². The molecule has 3 heterocycles. The van der Waals surface area contributed by atoms with Crippen molar-refractivity contribution in [2.75, 3.05) is 0 Å². The molecule has 7 nitrogen and oxygen atoms in total. The van der Waals surface area contributed by atoms with Gasteiger partial charge in [-0.1, -0.05) is 74.5 Å². The molecule has 0 atom stereocenters. The van der Waals surface area contributed by atoms with E-state index in [2.05, 4.69) is 23.8 Å². The van der Waals surface area contributed by atoms with Gasteiger partial charge in [0.1, 0.15) is 36.1 Å². The lowest BCUT2D eigenvalue weighted by Gasteiger charge is -2.05. The second-order valence-corrected chi connectivity index (χ2v) is 11.5. The molecule has 0 aliphatic carbocycles. The van der Waals surface area contributed by atoms with E-state index in [1.807, 2.05) is 88.4 Å². The first-order valence-corrected chi connectivity index (χ1v) is 15.6. The quantitative estimate of drug-likeness (QED) is 0.140. The first-order valence-electron chi connectivity index (χ1n) is 15.6. The number of aromatic amines is 2. The number of benzene rings is 2. The summed E-state index contributed by atoms with van der Waals surface area (Å²) in [5, 5.41) is 0.